The van der Waals surface area contributed by atoms with Gasteiger partial charge >= 0.3 is 0 Å². The van der Waals surface area contributed by atoms with Gasteiger partial charge in [0, 0.05) is 23.8 Å². The fourth-order valence-corrected chi connectivity index (χ4v) is 2.81. The van der Waals surface area contributed by atoms with Crippen LogP contribution in [0.2, 0.25) is 0 Å². The molecule has 1 N–H and O–H groups in total. The van der Waals surface area contributed by atoms with E-state index in [4.69, 9.17) is 4.74 Å². The third-order valence-corrected chi connectivity index (χ3v) is 4.17. The Labute approximate surface area is 145 Å². The number of rotatable bonds is 4. The smallest absolute Gasteiger partial charge is 0.261 e. The molecular weight excluding hydrogens is 316 g/mol. The van der Waals surface area contributed by atoms with E-state index in [0.29, 0.717) is 23.4 Å². The number of ether oxygens (including phenoxy) is 1. The third kappa shape index (κ3) is 3.26. The van der Waals surface area contributed by atoms with E-state index in [0.717, 1.165) is 11.1 Å². The van der Waals surface area contributed by atoms with Crippen LogP contribution in [0.5, 0.6) is 5.75 Å². The summed E-state index contributed by atoms with van der Waals surface area (Å²) in [4.78, 5) is 25.4. The Balaban J connectivity index is 2.03. The van der Waals surface area contributed by atoms with Gasteiger partial charge in [0.25, 0.3) is 5.91 Å². The molecule has 0 spiro atoms. The summed E-state index contributed by atoms with van der Waals surface area (Å²) >= 11 is 0. The van der Waals surface area contributed by atoms with Gasteiger partial charge in [-0.3, -0.25) is 9.59 Å². The van der Waals surface area contributed by atoms with E-state index in [9.17, 15) is 9.59 Å². The summed E-state index contributed by atoms with van der Waals surface area (Å²) in [5, 5.41) is 3.33. The predicted molar refractivity (Wildman–Crippen MR) is 99.6 cm³/mol. The predicted octanol–water partition coefficient (Wildman–Crippen LogP) is 3.59. The molecule has 0 atom stereocenters. The second-order valence-corrected chi connectivity index (χ2v) is 5.86. The molecule has 1 amide bonds. The van der Waals surface area contributed by atoms with E-state index in [1.165, 1.54) is 0 Å². The molecule has 3 aromatic rings. The average molecular weight is 336 g/mol. The Bertz CT molecular complexity index is 988. The molecule has 3 rings (SSSR count). The largest absolute Gasteiger partial charge is 0.497 e. The SMILES string of the molecule is CCn1cc(C(=O)Nc2ccc(OC)cc2)c(=O)c2cc(C)ccc21. The van der Waals surface area contributed by atoms with Gasteiger partial charge in [-0.25, -0.2) is 0 Å². The second-order valence-electron chi connectivity index (χ2n) is 5.86. The Kier molecular flexibility index (Phi) is 4.57. The van der Waals surface area contributed by atoms with Crippen LogP contribution in [0, 0.1) is 6.92 Å². The van der Waals surface area contributed by atoms with Crippen LogP contribution in [-0.4, -0.2) is 17.6 Å². The molecule has 0 aliphatic rings. The minimum absolute atomic E-state index is 0.135. The summed E-state index contributed by atoms with van der Waals surface area (Å²) in [6.45, 7) is 4.58. The van der Waals surface area contributed by atoms with Gasteiger partial charge in [0.1, 0.15) is 11.3 Å². The molecule has 2 aromatic carbocycles. The van der Waals surface area contributed by atoms with Gasteiger partial charge in [0.2, 0.25) is 5.43 Å². The number of nitrogens with one attached hydrogen (secondary N) is 1. The summed E-state index contributed by atoms with van der Waals surface area (Å²) in [5.74, 6) is 0.285. The number of hydrogen-bond donors (Lipinski definition) is 1. The minimum atomic E-state index is -0.416. The number of fused-ring (bicyclic) bond motifs is 1. The highest BCUT2D eigenvalue weighted by Gasteiger charge is 2.15. The van der Waals surface area contributed by atoms with E-state index >= 15 is 0 Å². The Hall–Kier alpha value is -3.08. The number of benzene rings is 2. The van der Waals surface area contributed by atoms with Crippen molar-refractivity contribution >= 4 is 22.5 Å². The maximum Gasteiger partial charge on any atom is 0.261 e. The van der Waals surface area contributed by atoms with Crippen molar-refractivity contribution in [1.82, 2.24) is 4.57 Å². The van der Waals surface area contributed by atoms with Crippen molar-refractivity contribution in [2.45, 2.75) is 20.4 Å². The number of pyridine rings is 1. The van der Waals surface area contributed by atoms with Gasteiger partial charge in [-0.15, -0.1) is 0 Å². The Morgan fingerprint density at radius 1 is 1.16 bits per heavy atom. The van der Waals surface area contributed by atoms with E-state index in [1.54, 1.807) is 37.6 Å². The molecule has 0 fully saturated rings. The standard InChI is InChI=1S/C20H20N2O3/c1-4-22-12-17(19(23)16-11-13(2)5-10-18(16)22)20(24)21-14-6-8-15(25-3)9-7-14/h5-12H,4H2,1-3H3,(H,21,24). The molecule has 25 heavy (non-hydrogen) atoms. The lowest BCUT2D eigenvalue weighted by atomic mass is 10.1. The van der Waals surface area contributed by atoms with Crippen LogP contribution in [0.25, 0.3) is 10.9 Å². The lowest BCUT2D eigenvalue weighted by molar-refractivity contribution is 0.102. The number of carbonyl (C=O) groups excluding carboxylic acids is 1. The van der Waals surface area contributed by atoms with Crippen molar-refractivity contribution < 1.29 is 9.53 Å². The molecule has 5 heteroatoms. The molecule has 0 radical (unpaired) electrons. The van der Waals surface area contributed by atoms with Gasteiger partial charge in [-0.05, 0) is 50.2 Å². The van der Waals surface area contributed by atoms with Gasteiger partial charge in [-0.2, -0.15) is 0 Å². The molecule has 128 valence electrons. The first-order chi connectivity index (χ1) is 12.0. The topological polar surface area (TPSA) is 60.3 Å². The maximum atomic E-state index is 12.8. The first-order valence-electron chi connectivity index (χ1n) is 8.12. The normalized spacial score (nSPS) is 10.7. The van der Waals surface area contributed by atoms with E-state index in [2.05, 4.69) is 5.32 Å². The number of methoxy groups -OCH3 is 1. The number of aromatic nitrogens is 1. The lowest BCUT2D eigenvalue weighted by Gasteiger charge is -2.12. The summed E-state index contributed by atoms with van der Waals surface area (Å²) in [7, 11) is 1.58. The Morgan fingerprint density at radius 2 is 1.88 bits per heavy atom. The summed E-state index contributed by atoms with van der Waals surface area (Å²) in [6, 6.07) is 12.7. The molecule has 5 nitrogen and oxygen atoms in total. The van der Waals surface area contributed by atoms with Crippen molar-refractivity contribution in [2.24, 2.45) is 0 Å². The molecule has 1 aromatic heterocycles. The molecule has 0 aliphatic carbocycles. The van der Waals surface area contributed by atoms with Crippen LogP contribution in [0.4, 0.5) is 5.69 Å². The lowest BCUT2D eigenvalue weighted by Crippen LogP contribution is -2.24. The summed E-state index contributed by atoms with van der Waals surface area (Å²) < 4.78 is 7.02. The fraction of sp³-hybridized carbons (Fsp3) is 0.200. The average Bonchev–Trinajstić information content (AvgIpc) is 2.63. The third-order valence-electron chi connectivity index (χ3n) is 4.17. The molecule has 1 heterocycles. The number of anilines is 1. The fourth-order valence-electron chi connectivity index (χ4n) is 2.81. The van der Waals surface area contributed by atoms with E-state index in [-0.39, 0.29) is 11.0 Å². The van der Waals surface area contributed by atoms with Gasteiger partial charge < -0.3 is 14.6 Å². The number of amides is 1. The Morgan fingerprint density at radius 3 is 2.52 bits per heavy atom. The van der Waals surface area contributed by atoms with E-state index < -0.39 is 5.91 Å². The molecule has 0 unspecified atom stereocenters. The van der Waals surface area contributed by atoms with Gasteiger partial charge in [0.05, 0.1) is 12.6 Å². The van der Waals surface area contributed by atoms with Crippen molar-refractivity contribution in [3.05, 3.63) is 70.0 Å². The molecular formula is C20H20N2O3. The number of aryl methyl sites for hydroxylation is 2. The first kappa shape index (κ1) is 16.8. The van der Waals surface area contributed by atoms with Crippen LogP contribution >= 0.6 is 0 Å². The van der Waals surface area contributed by atoms with Crippen molar-refractivity contribution in [1.29, 1.82) is 0 Å². The highest BCUT2D eigenvalue weighted by molar-refractivity contribution is 6.05. The van der Waals surface area contributed by atoms with Crippen molar-refractivity contribution in [3.8, 4) is 5.75 Å². The van der Waals surface area contributed by atoms with Gasteiger partial charge in [-0.1, -0.05) is 11.6 Å². The zero-order chi connectivity index (χ0) is 18.0. The summed E-state index contributed by atoms with van der Waals surface area (Å²) in [6.07, 6.45) is 1.62. The van der Waals surface area contributed by atoms with Crippen LogP contribution in [-0.2, 0) is 6.54 Å². The van der Waals surface area contributed by atoms with Crippen LogP contribution < -0.4 is 15.5 Å². The molecule has 0 bridgehead atoms. The molecule has 0 aliphatic heterocycles. The first-order valence-corrected chi connectivity index (χ1v) is 8.12. The van der Waals surface area contributed by atoms with Crippen LogP contribution in [0.1, 0.15) is 22.8 Å². The van der Waals surface area contributed by atoms with Crippen LogP contribution in [0.3, 0.4) is 0 Å². The van der Waals surface area contributed by atoms with Gasteiger partial charge in [0.15, 0.2) is 0 Å². The van der Waals surface area contributed by atoms with Crippen molar-refractivity contribution in [3.63, 3.8) is 0 Å². The van der Waals surface area contributed by atoms with Crippen molar-refractivity contribution in [2.75, 3.05) is 12.4 Å². The molecule has 0 saturated heterocycles. The highest BCUT2D eigenvalue weighted by Crippen LogP contribution is 2.17. The quantitative estimate of drug-likeness (QED) is 0.792. The minimum Gasteiger partial charge on any atom is -0.497 e. The zero-order valence-corrected chi connectivity index (χ0v) is 14.5. The monoisotopic (exact) mass is 336 g/mol. The summed E-state index contributed by atoms with van der Waals surface area (Å²) in [5.41, 5.74) is 2.31. The van der Waals surface area contributed by atoms with E-state index in [1.807, 2.05) is 36.6 Å². The number of nitrogens with zero attached hydrogens (tertiary/aromatic N) is 1. The second kappa shape index (κ2) is 6.81. The maximum absolute atomic E-state index is 12.8. The number of hydrogen-bond acceptors (Lipinski definition) is 3. The molecule has 0 saturated carbocycles. The zero-order valence-electron chi connectivity index (χ0n) is 14.5. The number of carbonyl (C=O) groups is 1. The van der Waals surface area contributed by atoms with Crippen LogP contribution in [0.15, 0.2) is 53.5 Å². The highest BCUT2D eigenvalue weighted by atomic mass is 16.5.